The highest BCUT2D eigenvalue weighted by molar-refractivity contribution is 5.95. The predicted octanol–water partition coefficient (Wildman–Crippen LogP) is 7.26. The molecule has 1 aromatic rings. The van der Waals surface area contributed by atoms with Crippen LogP contribution in [0.2, 0.25) is 0 Å². The first-order chi connectivity index (χ1) is 16.9. The predicted molar refractivity (Wildman–Crippen MR) is 136 cm³/mol. The third-order valence-corrected chi connectivity index (χ3v) is 8.40. The van der Waals surface area contributed by atoms with Gasteiger partial charge in [0.2, 0.25) is 0 Å². The van der Waals surface area contributed by atoms with Gasteiger partial charge in [0, 0.05) is 38.3 Å². The molecule has 2 fully saturated rings. The summed E-state index contributed by atoms with van der Waals surface area (Å²) in [5.41, 5.74) is 1.20. The van der Waals surface area contributed by atoms with E-state index in [1.54, 1.807) is 6.07 Å². The Kier molecular flexibility index (Phi) is 9.32. The van der Waals surface area contributed by atoms with Crippen molar-refractivity contribution in [2.75, 3.05) is 37.6 Å². The SMILES string of the molecule is O=C(CCCC1CCC(CCN2CCN(c3cccc(C(F)(F)F)c3)CC2)CC1)C1=CCCCC1. The molecule has 3 nitrogen and oxygen atoms in total. The number of alkyl halides is 3. The number of anilines is 1. The van der Waals surface area contributed by atoms with E-state index < -0.39 is 11.7 Å². The Labute approximate surface area is 208 Å². The topological polar surface area (TPSA) is 23.6 Å². The molecule has 0 amide bonds. The van der Waals surface area contributed by atoms with Crippen LogP contribution in [0.15, 0.2) is 35.9 Å². The van der Waals surface area contributed by atoms with Gasteiger partial charge in [0.25, 0.3) is 0 Å². The molecule has 0 N–H and O–H groups in total. The minimum atomic E-state index is -4.29. The monoisotopic (exact) mass is 490 g/mol. The van der Waals surface area contributed by atoms with Gasteiger partial charge in [0.05, 0.1) is 5.56 Å². The number of hydrogen-bond donors (Lipinski definition) is 0. The van der Waals surface area contributed by atoms with Crippen LogP contribution < -0.4 is 4.90 Å². The Morgan fingerprint density at radius 3 is 2.31 bits per heavy atom. The molecule has 4 rings (SSSR count). The summed E-state index contributed by atoms with van der Waals surface area (Å²) in [6.45, 7) is 4.48. The summed E-state index contributed by atoms with van der Waals surface area (Å²) in [6, 6.07) is 5.71. The largest absolute Gasteiger partial charge is 0.416 e. The van der Waals surface area contributed by atoms with Crippen LogP contribution in [0.1, 0.15) is 82.6 Å². The van der Waals surface area contributed by atoms with Gasteiger partial charge in [-0.15, -0.1) is 0 Å². The Balaban J connectivity index is 1.09. The number of hydrogen-bond acceptors (Lipinski definition) is 3. The summed E-state index contributed by atoms with van der Waals surface area (Å²) < 4.78 is 39.1. The number of rotatable bonds is 9. The molecule has 0 radical (unpaired) electrons. The molecule has 1 saturated carbocycles. The zero-order chi connectivity index (χ0) is 24.7. The van der Waals surface area contributed by atoms with E-state index in [2.05, 4.69) is 15.9 Å². The third-order valence-electron chi connectivity index (χ3n) is 8.40. The first kappa shape index (κ1) is 26.2. The van der Waals surface area contributed by atoms with Crippen molar-refractivity contribution in [2.24, 2.45) is 11.8 Å². The van der Waals surface area contributed by atoms with Gasteiger partial charge >= 0.3 is 6.18 Å². The van der Waals surface area contributed by atoms with E-state index in [1.165, 1.54) is 63.5 Å². The second kappa shape index (κ2) is 12.4. The van der Waals surface area contributed by atoms with E-state index in [0.29, 0.717) is 11.5 Å². The molecule has 0 atom stereocenters. The highest BCUT2D eigenvalue weighted by Gasteiger charge is 2.31. The molecule has 0 unspecified atom stereocenters. The van der Waals surface area contributed by atoms with Gasteiger partial charge in [-0.3, -0.25) is 9.69 Å². The molecule has 194 valence electrons. The molecule has 1 saturated heterocycles. The Morgan fingerprint density at radius 2 is 1.66 bits per heavy atom. The molecule has 1 aliphatic heterocycles. The standard InChI is InChI=1S/C29H41F3N2O/c30-29(31,32)26-9-5-10-27(22-26)34-20-18-33(19-21-34)17-16-24-14-12-23(13-15-24)6-4-11-28(35)25-7-2-1-3-8-25/h5,7,9-10,22-24H,1-4,6,8,11-21H2. The van der Waals surface area contributed by atoms with Gasteiger partial charge in [-0.1, -0.05) is 44.2 Å². The van der Waals surface area contributed by atoms with Crippen LogP contribution in [-0.2, 0) is 11.0 Å². The first-order valence-corrected chi connectivity index (χ1v) is 13.8. The Bertz CT molecular complexity index is 850. The molecule has 3 aliphatic rings. The van der Waals surface area contributed by atoms with Crippen molar-refractivity contribution in [3.8, 4) is 0 Å². The minimum absolute atomic E-state index is 0.395. The summed E-state index contributed by atoms with van der Waals surface area (Å²) in [5, 5.41) is 0. The summed E-state index contributed by atoms with van der Waals surface area (Å²) >= 11 is 0. The highest BCUT2D eigenvalue weighted by Crippen LogP contribution is 2.35. The molecule has 35 heavy (non-hydrogen) atoms. The molecule has 6 heteroatoms. The van der Waals surface area contributed by atoms with Crippen molar-refractivity contribution < 1.29 is 18.0 Å². The summed E-state index contributed by atoms with van der Waals surface area (Å²) in [6.07, 6.45) is 11.7. The van der Waals surface area contributed by atoms with E-state index in [1.807, 2.05) is 0 Å². The summed E-state index contributed by atoms with van der Waals surface area (Å²) in [4.78, 5) is 16.9. The second-order valence-electron chi connectivity index (χ2n) is 10.8. The fraction of sp³-hybridized carbons (Fsp3) is 0.690. The summed E-state index contributed by atoms with van der Waals surface area (Å²) in [7, 11) is 0. The van der Waals surface area contributed by atoms with Crippen LogP contribution in [0, 0.1) is 11.8 Å². The first-order valence-electron chi connectivity index (χ1n) is 13.8. The third kappa shape index (κ3) is 7.83. The number of halogens is 3. The molecular weight excluding hydrogens is 449 g/mol. The van der Waals surface area contributed by atoms with Crippen molar-refractivity contribution in [2.45, 2.75) is 83.2 Å². The van der Waals surface area contributed by atoms with E-state index in [-0.39, 0.29) is 0 Å². The van der Waals surface area contributed by atoms with Gasteiger partial charge in [-0.25, -0.2) is 0 Å². The van der Waals surface area contributed by atoms with E-state index >= 15 is 0 Å². The van der Waals surface area contributed by atoms with Gasteiger partial charge in [0.15, 0.2) is 5.78 Å². The van der Waals surface area contributed by atoms with Crippen LogP contribution in [0.5, 0.6) is 0 Å². The van der Waals surface area contributed by atoms with Crippen molar-refractivity contribution in [1.29, 1.82) is 0 Å². The lowest BCUT2D eigenvalue weighted by molar-refractivity contribution is -0.137. The zero-order valence-corrected chi connectivity index (χ0v) is 21.0. The quantitative estimate of drug-likeness (QED) is 0.364. The van der Waals surface area contributed by atoms with E-state index in [4.69, 9.17) is 0 Å². The average Bonchev–Trinajstić information content (AvgIpc) is 2.88. The van der Waals surface area contributed by atoms with Crippen LogP contribution in [0.3, 0.4) is 0 Å². The lowest BCUT2D eigenvalue weighted by atomic mass is 9.78. The van der Waals surface area contributed by atoms with Crippen LogP contribution in [-0.4, -0.2) is 43.4 Å². The average molecular weight is 491 g/mol. The maximum Gasteiger partial charge on any atom is 0.416 e. The molecule has 0 spiro atoms. The fourth-order valence-electron chi connectivity index (χ4n) is 6.09. The number of ketones is 1. The second-order valence-corrected chi connectivity index (χ2v) is 10.8. The van der Waals surface area contributed by atoms with Gasteiger partial charge in [0.1, 0.15) is 0 Å². The minimum Gasteiger partial charge on any atom is -0.369 e. The van der Waals surface area contributed by atoms with Crippen molar-refractivity contribution in [3.63, 3.8) is 0 Å². The Hall–Kier alpha value is -1.82. The zero-order valence-electron chi connectivity index (χ0n) is 21.0. The van der Waals surface area contributed by atoms with E-state index in [9.17, 15) is 18.0 Å². The van der Waals surface area contributed by atoms with Crippen LogP contribution >= 0.6 is 0 Å². The van der Waals surface area contributed by atoms with Crippen molar-refractivity contribution in [1.82, 2.24) is 4.90 Å². The maximum atomic E-state index is 13.0. The lowest BCUT2D eigenvalue weighted by Gasteiger charge is -2.37. The van der Waals surface area contributed by atoms with Gasteiger partial charge in [-0.2, -0.15) is 13.2 Å². The van der Waals surface area contributed by atoms with Crippen molar-refractivity contribution >= 4 is 11.5 Å². The number of carbonyl (C=O) groups excluding carboxylic acids is 1. The fourth-order valence-corrected chi connectivity index (χ4v) is 6.09. The maximum absolute atomic E-state index is 13.0. The molecular formula is C29H41F3N2O. The van der Waals surface area contributed by atoms with Crippen molar-refractivity contribution in [3.05, 3.63) is 41.5 Å². The molecule has 1 heterocycles. The normalized spacial score (nSPS) is 24.3. The molecule has 2 aliphatic carbocycles. The number of piperazine rings is 1. The highest BCUT2D eigenvalue weighted by atomic mass is 19.4. The van der Waals surface area contributed by atoms with Crippen LogP contribution in [0.4, 0.5) is 18.9 Å². The number of carbonyl (C=O) groups is 1. The van der Waals surface area contributed by atoms with Gasteiger partial charge in [-0.05, 0) is 80.7 Å². The van der Waals surface area contributed by atoms with E-state index in [0.717, 1.165) is 81.9 Å². The molecule has 0 aromatic heterocycles. The molecule has 1 aromatic carbocycles. The number of Topliss-reactive ketones (excluding diaryl/α,β-unsaturated/α-hetero) is 1. The summed E-state index contributed by atoms with van der Waals surface area (Å²) in [5.74, 6) is 1.98. The lowest BCUT2D eigenvalue weighted by Crippen LogP contribution is -2.47. The smallest absolute Gasteiger partial charge is 0.369 e. The number of nitrogens with zero attached hydrogens (tertiary/aromatic N) is 2. The Morgan fingerprint density at radius 1 is 0.943 bits per heavy atom. The molecule has 0 bridgehead atoms. The van der Waals surface area contributed by atoms with Crippen LogP contribution in [0.25, 0.3) is 0 Å². The number of allylic oxidation sites excluding steroid dienone is 2. The number of benzene rings is 1. The van der Waals surface area contributed by atoms with Gasteiger partial charge < -0.3 is 4.90 Å².